The summed E-state index contributed by atoms with van der Waals surface area (Å²) in [5.74, 6) is 0.0180. The van der Waals surface area contributed by atoms with Crippen LogP contribution in [0, 0.1) is 0 Å². The fraction of sp³-hybridized carbons (Fsp3) is 0.214. The molecule has 1 aromatic heterocycles. The zero-order chi connectivity index (χ0) is 16.1. The highest BCUT2D eigenvalue weighted by molar-refractivity contribution is 7.14. The van der Waals surface area contributed by atoms with Gasteiger partial charge in [-0.3, -0.25) is 14.9 Å². The van der Waals surface area contributed by atoms with E-state index in [0.717, 1.165) is 11.3 Å². The Balaban J connectivity index is 2.16. The molecule has 116 valence electrons. The van der Waals surface area contributed by atoms with Crippen molar-refractivity contribution in [1.29, 1.82) is 0 Å². The molecular formula is C14H15N3O4S. The number of rotatable bonds is 6. The first-order valence-electron chi connectivity index (χ1n) is 6.42. The second kappa shape index (κ2) is 6.90. The van der Waals surface area contributed by atoms with Gasteiger partial charge in [0.25, 0.3) is 11.8 Å². The highest BCUT2D eigenvalue weighted by Gasteiger charge is 2.14. The molecule has 1 heterocycles. The molecule has 0 saturated heterocycles. The van der Waals surface area contributed by atoms with Crippen molar-refractivity contribution < 1.29 is 19.1 Å². The molecule has 0 bridgehead atoms. The van der Waals surface area contributed by atoms with Gasteiger partial charge in [0.15, 0.2) is 16.6 Å². The fourth-order valence-electron chi connectivity index (χ4n) is 1.70. The number of methoxy groups -OCH3 is 1. The summed E-state index contributed by atoms with van der Waals surface area (Å²) in [5.41, 5.74) is 5.61. The normalized spacial score (nSPS) is 10.1. The molecule has 2 aromatic rings. The van der Waals surface area contributed by atoms with Crippen LogP contribution < -0.4 is 20.5 Å². The quantitative estimate of drug-likeness (QED) is 0.845. The summed E-state index contributed by atoms with van der Waals surface area (Å²) >= 11 is 1.12. The second-order valence-corrected chi connectivity index (χ2v) is 5.01. The second-order valence-electron chi connectivity index (χ2n) is 4.15. The van der Waals surface area contributed by atoms with E-state index in [-0.39, 0.29) is 11.6 Å². The van der Waals surface area contributed by atoms with Crippen LogP contribution in [0.3, 0.4) is 0 Å². The smallest absolute Gasteiger partial charge is 0.268 e. The standard InChI is InChI=1S/C14H15N3O4S/c1-3-21-10-5-4-8(6-11(10)20-2)13(19)17-14-16-9(7-22-14)12(15)18/h4-7H,3H2,1-2H3,(H2,15,18)(H,16,17,19). The third kappa shape index (κ3) is 3.53. The highest BCUT2D eigenvalue weighted by Crippen LogP contribution is 2.28. The molecule has 3 N–H and O–H groups in total. The van der Waals surface area contributed by atoms with Crippen LogP contribution in [0.4, 0.5) is 5.13 Å². The molecule has 0 radical (unpaired) electrons. The lowest BCUT2D eigenvalue weighted by Crippen LogP contribution is -2.14. The first-order valence-corrected chi connectivity index (χ1v) is 7.30. The van der Waals surface area contributed by atoms with Gasteiger partial charge in [-0.25, -0.2) is 4.98 Å². The Labute approximate surface area is 131 Å². The predicted molar refractivity (Wildman–Crippen MR) is 82.7 cm³/mol. The van der Waals surface area contributed by atoms with Gasteiger partial charge in [-0.2, -0.15) is 0 Å². The summed E-state index contributed by atoms with van der Waals surface area (Å²) < 4.78 is 10.6. The van der Waals surface area contributed by atoms with E-state index in [9.17, 15) is 9.59 Å². The summed E-state index contributed by atoms with van der Waals surface area (Å²) in [5, 5.41) is 4.38. The van der Waals surface area contributed by atoms with Crippen molar-refractivity contribution in [3.8, 4) is 11.5 Å². The molecule has 0 aliphatic carbocycles. The van der Waals surface area contributed by atoms with Gasteiger partial charge in [-0.15, -0.1) is 11.3 Å². The van der Waals surface area contributed by atoms with Crippen molar-refractivity contribution in [2.24, 2.45) is 5.73 Å². The third-order valence-electron chi connectivity index (χ3n) is 2.70. The number of nitrogens with one attached hydrogen (secondary N) is 1. The number of thiazole rings is 1. The molecule has 8 heteroatoms. The van der Waals surface area contributed by atoms with E-state index in [4.69, 9.17) is 15.2 Å². The average molecular weight is 321 g/mol. The molecule has 2 rings (SSSR count). The van der Waals surface area contributed by atoms with Crippen LogP contribution in [0.25, 0.3) is 0 Å². The molecule has 0 spiro atoms. The van der Waals surface area contributed by atoms with E-state index in [1.165, 1.54) is 12.5 Å². The number of hydrogen-bond donors (Lipinski definition) is 2. The van der Waals surface area contributed by atoms with Crippen molar-refractivity contribution in [3.05, 3.63) is 34.8 Å². The van der Waals surface area contributed by atoms with Gasteiger partial charge in [0.05, 0.1) is 13.7 Å². The number of primary amides is 1. The van der Waals surface area contributed by atoms with Gasteiger partial charge >= 0.3 is 0 Å². The number of aromatic nitrogens is 1. The van der Waals surface area contributed by atoms with Crippen LogP contribution in [0.5, 0.6) is 11.5 Å². The number of nitrogens with zero attached hydrogens (tertiary/aromatic N) is 1. The molecule has 0 unspecified atom stereocenters. The third-order valence-corrected chi connectivity index (χ3v) is 3.46. The first kappa shape index (κ1) is 15.8. The van der Waals surface area contributed by atoms with Crippen molar-refractivity contribution in [3.63, 3.8) is 0 Å². The lowest BCUT2D eigenvalue weighted by atomic mass is 10.2. The van der Waals surface area contributed by atoms with Crippen molar-refractivity contribution in [1.82, 2.24) is 4.98 Å². The topological polar surface area (TPSA) is 104 Å². The van der Waals surface area contributed by atoms with Crippen molar-refractivity contribution >= 4 is 28.3 Å². The average Bonchev–Trinajstić information content (AvgIpc) is 2.96. The number of ether oxygens (including phenoxy) is 2. The Bertz CT molecular complexity index is 699. The summed E-state index contributed by atoms with van der Waals surface area (Å²) in [6.45, 7) is 2.36. The Morgan fingerprint density at radius 3 is 2.73 bits per heavy atom. The molecular weight excluding hydrogens is 306 g/mol. The van der Waals surface area contributed by atoms with E-state index in [2.05, 4.69) is 10.3 Å². The Morgan fingerprint density at radius 2 is 2.14 bits per heavy atom. The number of carbonyl (C=O) groups excluding carboxylic acids is 2. The number of carbonyl (C=O) groups is 2. The number of nitrogens with two attached hydrogens (primary N) is 1. The largest absolute Gasteiger partial charge is 0.493 e. The molecule has 0 aliphatic heterocycles. The Hall–Kier alpha value is -2.61. The summed E-state index contributed by atoms with van der Waals surface area (Å²) in [7, 11) is 1.50. The van der Waals surface area contributed by atoms with Gasteiger partial charge in [0.1, 0.15) is 5.69 Å². The van der Waals surface area contributed by atoms with Crippen LogP contribution in [0.15, 0.2) is 23.6 Å². The number of anilines is 1. The lowest BCUT2D eigenvalue weighted by molar-refractivity contribution is 0.0992. The van der Waals surface area contributed by atoms with Crippen LogP contribution in [-0.2, 0) is 0 Å². The highest BCUT2D eigenvalue weighted by atomic mass is 32.1. The molecule has 0 saturated carbocycles. The Kier molecular flexibility index (Phi) is 4.95. The fourth-order valence-corrected chi connectivity index (χ4v) is 2.39. The molecule has 22 heavy (non-hydrogen) atoms. The van der Waals surface area contributed by atoms with Crippen LogP contribution in [-0.4, -0.2) is 30.5 Å². The maximum absolute atomic E-state index is 12.2. The monoisotopic (exact) mass is 321 g/mol. The zero-order valence-corrected chi connectivity index (χ0v) is 12.9. The van der Waals surface area contributed by atoms with Crippen molar-refractivity contribution in [2.75, 3.05) is 19.0 Å². The molecule has 0 atom stereocenters. The number of hydrogen-bond acceptors (Lipinski definition) is 6. The van der Waals surface area contributed by atoms with Gasteiger partial charge in [-0.05, 0) is 25.1 Å². The minimum Gasteiger partial charge on any atom is -0.493 e. The van der Waals surface area contributed by atoms with E-state index < -0.39 is 5.91 Å². The maximum Gasteiger partial charge on any atom is 0.268 e. The van der Waals surface area contributed by atoms with E-state index >= 15 is 0 Å². The van der Waals surface area contributed by atoms with E-state index in [1.54, 1.807) is 18.2 Å². The molecule has 0 aliphatic rings. The van der Waals surface area contributed by atoms with Gasteiger partial charge in [0.2, 0.25) is 0 Å². The summed E-state index contributed by atoms with van der Waals surface area (Å²) in [4.78, 5) is 27.1. The van der Waals surface area contributed by atoms with Crippen LogP contribution in [0.2, 0.25) is 0 Å². The molecule has 7 nitrogen and oxygen atoms in total. The van der Waals surface area contributed by atoms with E-state index in [1.807, 2.05) is 6.92 Å². The van der Waals surface area contributed by atoms with Gasteiger partial charge in [0, 0.05) is 10.9 Å². The first-order chi connectivity index (χ1) is 10.5. The predicted octanol–water partition coefficient (Wildman–Crippen LogP) is 1.90. The summed E-state index contributed by atoms with van der Waals surface area (Å²) in [6, 6.07) is 4.85. The number of benzene rings is 1. The molecule has 0 fully saturated rings. The zero-order valence-electron chi connectivity index (χ0n) is 12.1. The molecule has 2 amide bonds. The lowest BCUT2D eigenvalue weighted by Gasteiger charge is -2.10. The minimum absolute atomic E-state index is 0.115. The van der Waals surface area contributed by atoms with Crippen molar-refractivity contribution in [2.45, 2.75) is 6.92 Å². The van der Waals surface area contributed by atoms with Crippen LogP contribution >= 0.6 is 11.3 Å². The SMILES string of the molecule is CCOc1ccc(C(=O)Nc2nc(C(N)=O)cs2)cc1OC. The Morgan fingerprint density at radius 1 is 1.36 bits per heavy atom. The maximum atomic E-state index is 12.2. The number of amides is 2. The van der Waals surface area contributed by atoms with E-state index in [0.29, 0.717) is 28.8 Å². The van der Waals surface area contributed by atoms with Gasteiger partial charge in [-0.1, -0.05) is 0 Å². The van der Waals surface area contributed by atoms with Gasteiger partial charge < -0.3 is 15.2 Å². The summed E-state index contributed by atoms with van der Waals surface area (Å²) in [6.07, 6.45) is 0. The molecule has 1 aromatic carbocycles. The van der Waals surface area contributed by atoms with Crippen LogP contribution in [0.1, 0.15) is 27.8 Å². The minimum atomic E-state index is -0.639.